The first-order valence-electron chi connectivity index (χ1n) is 11.2. The number of nitrogens with one attached hydrogen (secondary N) is 2. The van der Waals surface area contributed by atoms with Crippen molar-refractivity contribution in [3.8, 4) is 0 Å². The molecular weight excluding hydrogens is 428 g/mol. The van der Waals surface area contributed by atoms with E-state index in [2.05, 4.69) is 10.6 Å². The maximum absolute atomic E-state index is 14.0. The second kappa shape index (κ2) is 11.0. The first-order valence-corrected chi connectivity index (χ1v) is 11.2. The fourth-order valence-electron chi connectivity index (χ4n) is 3.90. The lowest BCUT2D eigenvalue weighted by Crippen LogP contribution is -2.55. The number of nitrogens with zero attached hydrogens (tertiary/aromatic N) is 1. The fourth-order valence-corrected chi connectivity index (χ4v) is 3.90. The van der Waals surface area contributed by atoms with Crippen LogP contribution in [0.1, 0.15) is 53.8 Å². The van der Waals surface area contributed by atoms with Gasteiger partial charge < -0.3 is 15.5 Å². The van der Waals surface area contributed by atoms with Gasteiger partial charge in [-0.15, -0.1) is 0 Å². The molecule has 0 radical (unpaired) electrons. The number of hydrogen-bond donors (Lipinski definition) is 2. The predicted molar refractivity (Wildman–Crippen MR) is 121 cm³/mol. The molecule has 6 nitrogen and oxygen atoms in total. The molecule has 176 valence electrons. The molecule has 3 rings (SSSR count). The van der Waals surface area contributed by atoms with Crippen LogP contribution in [0.15, 0.2) is 48.5 Å². The molecular formula is C25H29F2N3O3. The molecule has 1 saturated heterocycles. The van der Waals surface area contributed by atoms with Crippen molar-refractivity contribution in [2.24, 2.45) is 5.92 Å². The predicted octanol–water partition coefficient (Wildman–Crippen LogP) is 3.53. The van der Waals surface area contributed by atoms with E-state index < -0.39 is 23.6 Å². The molecule has 2 aromatic rings. The minimum Gasteiger partial charge on any atom is -0.352 e. The van der Waals surface area contributed by atoms with Crippen LogP contribution in [-0.2, 0) is 4.79 Å². The highest BCUT2D eigenvalue weighted by Crippen LogP contribution is 2.24. The molecule has 0 saturated carbocycles. The van der Waals surface area contributed by atoms with Gasteiger partial charge in [-0.2, -0.15) is 0 Å². The number of rotatable bonds is 7. The van der Waals surface area contributed by atoms with Crippen LogP contribution >= 0.6 is 0 Å². The average Bonchev–Trinajstić information content (AvgIpc) is 2.82. The zero-order valence-corrected chi connectivity index (χ0v) is 18.8. The summed E-state index contributed by atoms with van der Waals surface area (Å²) in [6.07, 6.45) is 1.69. The Bertz CT molecular complexity index is 989. The maximum atomic E-state index is 14.0. The van der Waals surface area contributed by atoms with Gasteiger partial charge in [0, 0.05) is 24.7 Å². The quantitative estimate of drug-likeness (QED) is 0.668. The molecule has 1 heterocycles. The van der Waals surface area contributed by atoms with Crippen molar-refractivity contribution < 1.29 is 23.2 Å². The molecule has 2 N–H and O–H groups in total. The Morgan fingerprint density at radius 3 is 2.24 bits per heavy atom. The highest BCUT2D eigenvalue weighted by molar-refractivity contribution is 5.98. The first kappa shape index (κ1) is 24.4. The Balaban J connectivity index is 1.71. The van der Waals surface area contributed by atoms with Crippen molar-refractivity contribution in [2.75, 3.05) is 13.1 Å². The molecule has 0 bridgehead atoms. The second-order valence-corrected chi connectivity index (χ2v) is 8.39. The number of amides is 3. The molecule has 1 aliphatic heterocycles. The smallest absolute Gasteiger partial charge is 0.256 e. The van der Waals surface area contributed by atoms with Crippen molar-refractivity contribution in [3.63, 3.8) is 0 Å². The van der Waals surface area contributed by atoms with Crippen LogP contribution in [0.5, 0.6) is 0 Å². The van der Waals surface area contributed by atoms with Crippen LogP contribution in [0.2, 0.25) is 0 Å². The highest BCUT2D eigenvalue weighted by atomic mass is 19.1. The third kappa shape index (κ3) is 6.15. The van der Waals surface area contributed by atoms with E-state index in [1.807, 2.05) is 13.8 Å². The number of likely N-dealkylation sites (tertiary alicyclic amines) is 1. The van der Waals surface area contributed by atoms with Crippen LogP contribution in [0.25, 0.3) is 0 Å². The Kier molecular flexibility index (Phi) is 8.14. The highest BCUT2D eigenvalue weighted by Gasteiger charge is 2.35. The van der Waals surface area contributed by atoms with Crippen LogP contribution in [0.4, 0.5) is 8.78 Å². The monoisotopic (exact) mass is 457 g/mol. The topological polar surface area (TPSA) is 78.5 Å². The van der Waals surface area contributed by atoms with E-state index in [4.69, 9.17) is 0 Å². The summed E-state index contributed by atoms with van der Waals surface area (Å²) in [7, 11) is 0. The molecule has 0 aliphatic carbocycles. The molecule has 0 spiro atoms. The van der Waals surface area contributed by atoms with E-state index >= 15 is 0 Å². The molecule has 33 heavy (non-hydrogen) atoms. The normalized spacial score (nSPS) is 16.1. The maximum Gasteiger partial charge on any atom is 0.256 e. The zero-order valence-electron chi connectivity index (χ0n) is 18.8. The van der Waals surface area contributed by atoms with E-state index in [1.165, 1.54) is 42.5 Å². The summed E-state index contributed by atoms with van der Waals surface area (Å²) < 4.78 is 27.2. The molecule has 3 amide bonds. The molecule has 0 unspecified atom stereocenters. The van der Waals surface area contributed by atoms with Crippen molar-refractivity contribution in [1.82, 2.24) is 15.5 Å². The number of carbonyl (C=O) groups is 3. The van der Waals surface area contributed by atoms with E-state index in [9.17, 15) is 23.2 Å². The molecule has 1 aliphatic rings. The summed E-state index contributed by atoms with van der Waals surface area (Å²) in [5.74, 6) is -2.38. The number of benzene rings is 2. The van der Waals surface area contributed by atoms with Crippen molar-refractivity contribution >= 4 is 17.7 Å². The lowest BCUT2D eigenvalue weighted by Gasteiger charge is -2.36. The Labute approximate surface area is 192 Å². The standard InChI is InChI=1S/C25H29F2N3O3/c1-3-16(2)28-24(32)22(29-23(31)18-8-10-19(26)11-9-18)17-12-14-30(15-13-17)25(33)20-6-4-5-7-21(20)27/h4-11,16-17,22H,3,12-15H2,1-2H3,(H,28,32)(H,29,31)/t16-,22+/m1/s1. The Morgan fingerprint density at radius 2 is 1.64 bits per heavy atom. The van der Waals surface area contributed by atoms with E-state index in [-0.39, 0.29) is 34.9 Å². The summed E-state index contributed by atoms with van der Waals surface area (Å²) in [4.78, 5) is 40.0. The summed E-state index contributed by atoms with van der Waals surface area (Å²) in [5.41, 5.74) is 0.275. The Hall–Kier alpha value is -3.29. The minimum atomic E-state index is -0.803. The van der Waals surface area contributed by atoms with Crippen molar-refractivity contribution in [2.45, 2.75) is 45.2 Å². The number of hydrogen-bond acceptors (Lipinski definition) is 3. The van der Waals surface area contributed by atoms with Gasteiger partial charge in [0.1, 0.15) is 17.7 Å². The van der Waals surface area contributed by atoms with Gasteiger partial charge in [0.25, 0.3) is 11.8 Å². The second-order valence-electron chi connectivity index (χ2n) is 8.39. The fraction of sp³-hybridized carbons (Fsp3) is 0.400. The number of halogens is 2. The van der Waals surface area contributed by atoms with Crippen LogP contribution in [0.3, 0.4) is 0 Å². The SMILES string of the molecule is CC[C@@H](C)NC(=O)[C@@H](NC(=O)c1ccc(F)cc1)C1CCN(C(=O)c2ccccc2F)CC1. The summed E-state index contributed by atoms with van der Waals surface area (Å²) in [6.45, 7) is 4.52. The summed E-state index contributed by atoms with van der Waals surface area (Å²) in [6, 6.07) is 10.1. The van der Waals surface area contributed by atoms with E-state index in [0.717, 1.165) is 6.42 Å². The van der Waals surface area contributed by atoms with Crippen LogP contribution in [0, 0.1) is 17.6 Å². The lowest BCUT2D eigenvalue weighted by atomic mass is 9.88. The zero-order chi connectivity index (χ0) is 24.0. The van der Waals surface area contributed by atoms with Gasteiger partial charge in [-0.3, -0.25) is 14.4 Å². The number of piperidine rings is 1. The minimum absolute atomic E-state index is 0.0200. The average molecular weight is 458 g/mol. The molecule has 8 heteroatoms. The third-order valence-corrected chi connectivity index (χ3v) is 6.08. The van der Waals surface area contributed by atoms with E-state index in [0.29, 0.717) is 25.9 Å². The van der Waals surface area contributed by atoms with Crippen molar-refractivity contribution in [3.05, 3.63) is 71.3 Å². The van der Waals surface area contributed by atoms with E-state index in [1.54, 1.807) is 11.0 Å². The molecule has 2 atom stereocenters. The van der Waals surface area contributed by atoms with Crippen LogP contribution < -0.4 is 10.6 Å². The lowest BCUT2D eigenvalue weighted by molar-refractivity contribution is -0.125. The number of carbonyl (C=O) groups excluding carboxylic acids is 3. The molecule has 0 aromatic heterocycles. The summed E-state index contributed by atoms with van der Waals surface area (Å²) >= 11 is 0. The molecule has 2 aromatic carbocycles. The van der Waals surface area contributed by atoms with Crippen molar-refractivity contribution in [1.29, 1.82) is 0 Å². The van der Waals surface area contributed by atoms with Crippen LogP contribution in [-0.4, -0.2) is 47.8 Å². The van der Waals surface area contributed by atoms with Gasteiger partial charge in [0.05, 0.1) is 5.56 Å². The largest absolute Gasteiger partial charge is 0.352 e. The Morgan fingerprint density at radius 1 is 1.00 bits per heavy atom. The van der Waals surface area contributed by atoms with Gasteiger partial charge in [0.2, 0.25) is 5.91 Å². The van der Waals surface area contributed by atoms with Gasteiger partial charge in [-0.1, -0.05) is 19.1 Å². The summed E-state index contributed by atoms with van der Waals surface area (Å²) in [5, 5.41) is 5.72. The third-order valence-electron chi connectivity index (χ3n) is 6.08. The van der Waals surface area contributed by atoms with Gasteiger partial charge in [0.15, 0.2) is 0 Å². The van der Waals surface area contributed by atoms with Gasteiger partial charge in [-0.05, 0) is 68.5 Å². The molecule has 1 fully saturated rings. The first-order chi connectivity index (χ1) is 15.8. The van der Waals surface area contributed by atoms with Gasteiger partial charge >= 0.3 is 0 Å². The van der Waals surface area contributed by atoms with Gasteiger partial charge in [-0.25, -0.2) is 8.78 Å².